The van der Waals surface area contributed by atoms with Crippen molar-refractivity contribution in [1.29, 1.82) is 0 Å². The fourth-order valence-corrected chi connectivity index (χ4v) is 1.29. The molecular formula is C9H7F2N3O. The lowest BCUT2D eigenvalue weighted by atomic mass is 10.3. The van der Waals surface area contributed by atoms with Gasteiger partial charge in [0.2, 0.25) is 0 Å². The number of amides is 1. The lowest BCUT2D eigenvalue weighted by molar-refractivity contribution is -0.116. The van der Waals surface area contributed by atoms with E-state index in [1.54, 1.807) is 0 Å². The molecule has 1 aromatic rings. The minimum atomic E-state index is -0.846. The van der Waals surface area contributed by atoms with Gasteiger partial charge in [0.1, 0.15) is 17.3 Å². The van der Waals surface area contributed by atoms with E-state index in [9.17, 15) is 13.6 Å². The van der Waals surface area contributed by atoms with Crippen molar-refractivity contribution in [1.82, 2.24) is 0 Å². The molecule has 1 aliphatic heterocycles. The molecule has 0 unspecified atom stereocenters. The number of hydrazone groups is 1. The van der Waals surface area contributed by atoms with E-state index in [1.165, 1.54) is 0 Å². The van der Waals surface area contributed by atoms with Crippen molar-refractivity contribution < 1.29 is 13.6 Å². The molecule has 0 atom stereocenters. The summed E-state index contributed by atoms with van der Waals surface area (Å²) >= 11 is 0. The van der Waals surface area contributed by atoms with Crippen LogP contribution in [0.15, 0.2) is 23.3 Å². The van der Waals surface area contributed by atoms with Gasteiger partial charge >= 0.3 is 0 Å². The molecule has 15 heavy (non-hydrogen) atoms. The second kappa shape index (κ2) is 3.30. The zero-order valence-electron chi connectivity index (χ0n) is 7.58. The van der Waals surface area contributed by atoms with Crippen LogP contribution >= 0.6 is 0 Å². The molecule has 6 heteroatoms. The Morgan fingerprint density at radius 2 is 2.13 bits per heavy atom. The molecule has 0 aromatic heterocycles. The molecule has 2 N–H and O–H groups in total. The molecule has 0 saturated carbocycles. The molecule has 0 saturated heterocycles. The third-order valence-electron chi connectivity index (χ3n) is 1.93. The lowest BCUT2D eigenvalue weighted by Gasteiger charge is -2.11. The van der Waals surface area contributed by atoms with Gasteiger partial charge in [-0.2, -0.15) is 10.1 Å². The summed E-state index contributed by atoms with van der Waals surface area (Å²) in [6.45, 7) is 0. The number of rotatable bonds is 1. The number of nitrogens with two attached hydrogens (primary N) is 1. The van der Waals surface area contributed by atoms with Crippen LogP contribution in [0.3, 0.4) is 0 Å². The Balaban J connectivity index is 2.42. The molecule has 0 radical (unpaired) electrons. The lowest BCUT2D eigenvalue weighted by Crippen LogP contribution is -2.20. The zero-order valence-corrected chi connectivity index (χ0v) is 7.58. The van der Waals surface area contributed by atoms with Gasteiger partial charge in [-0.25, -0.2) is 8.78 Å². The van der Waals surface area contributed by atoms with Gasteiger partial charge in [0.25, 0.3) is 5.91 Å². The molecule has 1 amide bonds. The highest BCUT2D eigenvalue weighted by Crippen LogP contribution is 2.23. The van der Waals surface area contributed by atoms with Crippen LogP contribution in [0.5, 0.6) is 0 Å². The summed E-state index contributed by atoms with van der Waals surface area (Å²) in [7, 11) is 0. The maximum atomic E-state index is 13.3. The molecule has 0 fully saturated rings. The van der Waals surface area contributed by atoms with E-state index in [2.05, 4.69) is 5.10 Å². The Labute approximate surface area is 84.0 Å². The van der Waals surface area contributed by atoms with Crippen LogP contribution in [0, 0.1) is 11.6 Å². The van der Waals surface area contributed by atoms with Gasteiger partial charge in [0, 0.05) is 6.07 Å². The van der Waals surface area contributed by atoms with Crippen LogP contribution in [0.4, 0.5) is 14.5 Å². The number of hydrogen-bond acceptors (Lipinski definition) is 3. The number of carbonyl (C=O) groups is 1. The molecule has 1 aromatic carbocycles. The van der Waals surface area contributed by atoms with Crippen molar-refractivity contribution in [3.63, 3.8) is 0 Å². The van der Waals surface area contributed by atoms with Crippen molar-refractivity contribution in [2.75, 3.05) is 5.01 Å². The van der Waals surface area contributed by atoms with Crippen molar-refractivity contribution in [3.8, 4) is 0 Å². The normalized spacial score (nSPS) is 15.7. The van der Waals surface area contributed by atoms with Crippen molar-refractivity contribution in [2.45, 2.75) is 6.42 Å². The molecule has 0 bridgehead atoms. The Kier molecular flexibility index (Phi) is 2.11. The van der Waals surface area contributed by atoms with Gasteiger partial charge in [0.15, 0.2) is 5.82 Å². The highest BCUT2D eigenvalue weighted by molar-refractivity contribution is 6.11. The van der Waals surface area contributed by atoms with Gasteiger partial charge < -0.3 is 5.73 Å². The Bertz CT molecular complexity index is 459. The number of hydrogen-bond donors (Lipinski definition) is 1. The van der Waals surface area contributed by atoms with Gasteiger partial charge in [-0.05, 0) is 12.1 Å². The third kappa shape index (κ3) is 1.65. The third-order valence-corrected chi connectivity index (χ3v) is 1.93. The van der Waals surface area contributed by atoms with E-state index in [-0.39, 0.29) is 17.9 Å². The fraction of sp³-hybridized carbons (Fsp3) is 0.111. The average molecular weight is 211 g/mol. The molecule has 1 aliphatic rings. The molecule has 2 rings (SSSR count). The number of halogens is 2. The van der Waals surface area contributed by atoms with Crippen molar-refractivity contribution in [3.05, 3.63) is 29.8 Å². The summed E-state index contributed by atoms with van der Waals surface area (Å²) in [4.78, 5) is 11.3. The first-order valence-electron chi connectivity index (χ1n) is 4.19. The first kappa shape index (κ1) is 9.57. The summed E-state index contributed by atoms with van der Waals surface area (Å²) in [6.07, 6.45) is -0.0448. The van der Waals surface area contributed by atoms with E-state index < -0.39 is 17.5 Å². The quantitative estimate of drug-likeness (QED) is 0.752. The monoisotopic (exact) mass is 211 g/mol. The molecule has 0 aliphatic carbocycles. The smallest absolute Gasteiger partial charge is 0.255 e. The van der Waals surface area contributed by atoms with E-state index in [0.29, 0.717) is 6.07 Å². The molecule has 4 nitrogen and oxygen atoms in total. The molecule has 78 valence electrons. The van der Waals surface area contributed by atoms with Crippen LogP contribution in [0.1, 0.15) is 6.42 Å². The van der Waals surface area contributed by atoms with Crippen molar-refractivity contribution in [2.24, 2.45) is 10.8 Å². The summed E-state index contributed by atoms with van der Waals surface area (Å²) < 4.78 is 25.9. The molecular weight excluding hydrogens is 204 g/mol. The van der Waals surface area contributed by atoms with Crippen LogP contribution in [0.2, 0.25) is 0 Å². The van der Waals surface area contributed by atoms with Crippen molar-refractivity contribution >= 4 is 17.4 Å². The first-order valence-corrected chi connectivity index (χ1v) is 4.19. The Morgan fingerprint density at radius 3 is 2.67 bits per heavy atom. The zero-order chi connectivity index (χ0) is 11.0. The molecule has 1 heterocycles. The van der Waals surface area contributed by atoms with Gasteiger partial charge in [-0.15, -0.1) is 0 Å². The van der Waals surface area contributed by atoms with E-state index in [0.717, 1.165) is 17.1 Å². The first-order chi connectivity index (χ1) is 7.08. The van der Waals surface area contributed by atoms with Crippen LogP contribution in [-0.2, 0) is 4.79 Å². The second-order valence-corrected chi connectivity index (χ2v) is 3.07. The maximum absolute atomic E-state index is 13.3. The minimum Gasteiger partial charge on any atom is -0.385 e. The average Bonchev–Trinajstić information content (AvgIpc) is 2.45. The number of anilines is 1. The number of benzene rings is 1. The fourth-order valence-electron chi connectivity index (χ4n) is 1.29. The van der Waals surface area contributed by atoms with E-state index in [1.807, 2.05) is 0 Å². The number of nitrogens with zero attached hydrogens (tertiary/aromatic N) is 2. The summed E-state index contributed by atoms with van der Waals surface area (Å²) in [6, 6.07) is 2.88. The number of carbonyl (C=O) groups excluding carboxylic acids is 1. The Morgan fingerprint density at radius 1 is 1.40 bits per heavy atom. The second-order valence-electron chi connectivity index (χ2n) is 3.07. The minimum absolute atomic E-state index is 0.0448. The molecule has 0 spiro atoms. The SMILES string of the molecule is NC1=NN(c2ccc(F)cc2F)C(=O)C1. The van der Waals surface area contributed by atoms with Gasteiger partial charge in [0.05, 0.1) is 6.42 Å². The van der Waals surface area contributed by atoms with E-state index >= 15 is 0 Å². The summed E-state index contributed by atoms with van der Waals surface area (Å²) in [5, 5.41) is 4.48. The van der Waals surface area contributed by atoms with Crippen LogP contribution in [-0.4, -0.2) is 11.7 Å². The summed E-state index contributed by atoms with van der Waals surface area (Å²) in [5.74, 6) is -1.87. The standard InChI is InChI=1S/C9H7F2N3O/c10-5-1-2-7(6(11)3-5)14-9(15)4-8(12)13-14/h1-3H,4H2,(H2,12,13). The van der Waals surface area contributed by atoms with E-state index in [4.69, 9.17) is 5.73 Å². The maximum Gasteiger partial charge on any atom is 0.255 e. The van der Waals surface area contributed by atoms with Crippen LogP contribution in [0.25, 0.3) is 0 Å². The summed E-state index contributed by atoms with van der Waals surface area (Å²) in [5.41, 5.74) is 5.23. The van der Waals surface area contributed by atoms with Crippen LogP contribution < -0.4 is 10.7 Å². The predicted molar refractivity (Wildman–Crippen MR) is 50.1 cm³/mol. The topological polar surface area (TPSA) is 58.7 Å². The highest BCUT2D eigenvalue weighted by atomic mass is 19.1. The predicted octanol–water partition coefficient (Wildman–Crippen LogP) is 0.974. The van der Waals surface area contributed by atoms with Gasteiger partial charge in [-0.3, -0.25) is 4.79 Å². The highest BCUT2D eigenvalue weighted by Gasteiger charge is 2.25. The van der Waals surface area contributed by atoms with Gasteiger partial charge in [-0.1, -0.05) is 0 Å². The Hall–Kier alpha value is -1.98. The number of amidine groups is 1. The largest absolute Gasteiger partial charge is 0.385 e.